The second-order valence-electron chi connectivity index (χ2n) is 6.85. The zero-order valence-corrected chi connectivity index (χ0v) is 16.3. The number of nitrogens with one attached hydrogen (secondary N) is 1. The Balaban J connectivity index is 1.49. The Labute approximate surface area is 176 Å². The fraction of sp³-hybridized carbons (Fsp3) is 0.250. The number of unbranched alkanes of at least 4 members (excludes halogenated alkanes) is 2. The number of para-hydroxylation sites is 2. The van der Waals surface area contributed by atoms with Crippen molar-refractivity contribution in [2.24, 2.45) is 0 Å². The largest absolute Gasteiger partial charge is 0.320 e. The molecule has 0 unspecified atom stereocenters. The molecule has 11 nitrogen and oxygen atoms in total. The van der Waals surface area contributed by atoms with Crippen LogP contribution in [0, 0.1) is 20.2 Å². The monoisotopic (exact) mass is 426 g/mol. The van der Waals surface area contributed by atoms with E-state index in [1.54, 1.807) is 6.07 Å². The van der Waals surface area contributed by atoms with Crippen LogP contribution in [0.3, 0.4) is 0 Å². The Bertz CT molecular complexity index is 1080. The Hall–Kier alpha value is -4.15. The molecule has 0 saturated carbocycles. The summed E-state index contributed by atoms with van der Waals surface area (Å²) in [4.78, 5) is 58.7. The van der Waals surface area contributed by atoms with E-state index in [1.165, 1.54) is 36.4 Å². The zero-order valence-electron chi connectivity index (χ0n) is 16.3. The molecule has 3 amide bonds. The summed E-state index contributed by atoms with van der Waals surface area (Å²) in [6.45, 7) is 0.0786. The highest BCUT2D eigenvalue weighted by molar-refractivity contribution is 6.23. The molecule has 0 spiro atoms. The van der Waals surface area contributed by atoms with Gasteiger partial charge in [-0.3, -0.25) is 39.5 Å². The first kappa shape index (κ1) is 21.6. The fourth-order valence-electron chi connectivity index (χ4n) is 3.35. The van der Waals surface area contributed by atoms with Gasteiger partial charge < -0.3 is 5.32 Å². The number of hydrogen-bond acceptors (Lipinski definition) is 7. The van der Waals surface area contributed by atoms with Crippen LogP contribution in [-0.4, -0.2) is 39.0 Å². The Morgan fingerprint density at radius 2 is 1.55 bits per heavy atom. The van der Waals surface area contributed by atoms with Gasteiger partial charge in [0.1, 0.15) is 11.3 Å². The highest BCUT2D eigenvalue weighted by atomic mass is 16.6. The number of hydrogen-bond donors (Lipinski definition) is 1. The number of nitro benzene ring substituents is 2. The van der Waals surface area contributed by atoms with Gasteiger partial charge in [-0.05, 0) is 25.0 Å². The van der Waals surface area contributed by atoms with Gasteiger partial charge in [0.2, 0.25) is 5.91 Å². The molecule has 2 aromatic carbocycles. The maximum Gasteiger partial charge on any atom is 0.292 e. The summed E-state index contributed by atoms with van der Waals surface area (Å²) in [7, 11) is 0. The molecule has 3 rings (SSSR count). The van der Waals surface area contributed by atoms with Crippen LogP contribution in [0.5, 0.6) is 0 Å². The predicted octanol–water partition coefficient (Wildman–Crippen LogP) is 3.30. The number of nitrogens with zero attached hydrogens (tertiary/aromatic N) is 3. The molecule has 0 aliphatic carbocycles. The van der Waals surface area contributed by atoms with Crippen molar-refractivity contribution in [3.63, 3.8) is 0 Å². The van der Waals surface area contributed by atoms with Crippen molar-refractivity contribution < 1.29 is 24.2 Å². The van der Waals surface area contributed by atoms with Crippen LogP contribution < -0.4 is 5.32 Å². The maximum atomic E-state index is 12.5. The van der Waals surface area contributed by atoms with Gasteiger partial charge >= 0.3 is 0 Å². The first-order valence-electron chi connectivity index (χ1n) is 9.48. The molecular formula is C20H18N4O7. The summed E-state index contributed by atoms with van der Waals surface area (Å²) >= 11 is 0. The molecule has 1 N–H and O–H groups in total. The number of carbonyl (C=O) groups excluding carboxylic acids is 3. The summed E-state index contributed by atoms with van der Waals surface area (Å²) in [5.41, 5.74) is -0.657. The molecule has 0 fully saturated rings. The molecule has 1 aliphatic heterocycles. The lowest BCUT2D eigenvalue weighted by Gasteiger charge is -2.13. The van der Waals surface area contributed by atoms with E-state index in [0.717, 1.165) is 4.90 Å². The minimum absolute atomic E-state index is 0.0167. The predicted molar refractivity (Wildman–Crippen MR) is 109 cm³/mol. The first-order valence-corrected chi connectivity index (χ1v) is 9.48. The van der Waals surface area contributed by atoms with Crippen molar-refractivity contribution in [2.45, 2.75) is 25.7 Å². The first-order chi connectivity index (χ1) is 14.8. The lowest BCUT2D eigenvalue weighted by Crippen LogP contribution is -2.30. The Kier molecular flexibility index (Phi) is 6.34. The number of benzene rings is 2. The molecule has 1 aliphatic rings. The number of nitro groups is 2. The number of amides is 3. The highest BCUT2D eigenvalue weighted by Crippen LogP contribution is 2.31. The second kappa shape index (κ2) is 9.11. The van der Waals surface area contributed by atoms with E-state index < -0.39 is 27.3 Å². The molecule has 0 saturated heterocycles. The second-order valence-corrected chi connectivity index (χ2v) is 6.85. The summed E-state index contributed by atoms with van der Waals surface area (Å²) in [5.74, 6) is -1.65. The van der Waals surface area contributed by atoms with Crippen LogP contribution in [0.2, 0.25) is 0 Å². The van der Waals surface area contributed by atoms with E-state index in [2.05, 4.69) is 5.32 Å². The normalized spacial score (nSPS) is 12.6. The van der Waals surface area contributed by atoms with Gasteiger partial charge in [-0.25, -0.2) is 0 Å². The van der Waals surface area contributed by atoms with Crippen LogP contribution in [0.4, 0.5) is 17.1 Å². The van der Waals surface area contributed by atoms with Gasteiger partial charge in [0.15, 0.2) is 0 Å². The smallest absolute Gasteiger partial charge is 0.292 e. The van der Waals surface area contributed by atoms with Crippen molar-refractivity contribution in [2.75, 3.05) is 11.9 Å². The molecule has 160 valence electrons. The van der Waals surface area contributed by atoms with Crippen LogP contribution in [0.15, 0.2) is 42.5 Å². The van der Waals surface area contributed by atoms with Crippen LogP contribution in [0.1, 0.15) is 46.4 Å². The van der Waals surface area contributed by atoms with Gasteiger partial charge in [-0.2, -0.15) is 0 Å². The molecule has 31 heavy (non-hydrogen) atoms. The van der Waals surface area contributed by atoms with Gasteiger partial charge in [0.25, 0.3) is 23.2 Å². The summed E-state index contributed by atoms with van der Waals surface area (Å²) in [6, 6.07) is 9.75. The van der Waals surface area contributed by atoms with Crippen molar-refractivity contribution in [1.82, 2.24) is 4.90 Å². The molecule has 11 heteroatoms. The number of carbonyl (C=O) groups is 3. The van der Waals surface area contributed by atoms with E-state index in [9.17, 15) is 34.6 Å². The maximum absolute atomic E-state index is 12.5. The van der Waals surface area contributed by atoms with Gasteiger partial charge in [0, 0.05) is 25.1 Å². The molecule has 0 atom stereocenters. The number of rotatable bonds is 9. The third-order valence-electron chi connectivity index (χ3n) is 4.83. The van der Waals surface area contributed by atoms with Crippen LogP contribution >= 0.6 is 0 Å². The topological polar surface area (TPSA) is 153 Å². The van der Waals surface area contributed by atoms with Gasteiger partial charge in [-0.15, -0.1) is 0 Å². The quantitative estimate of drug-likeness (QED) is 0.279. The van der Waals surface area contributed by atoms with E-state index in [-0.39, 0.29) is 41.4 Å². The number of imide groups is 1. The standard InChI is InChI=1S/C20H18N4O7/c25-17(21-14-8-3-4-9-15(14)23(28)29)11-2-1-5-12-22-19(26)13-7-6-10-16(24(30)31)18(13)20(22)27/h3-4,6-10H,1-2,5,11-12H2,(H,21,25). The van der Waals surface area contributed by atoms with Crippen LogP contribution in [0.25, 0.3) is 0 Å². The van der Waals surface area contributed by atoms with Gasteiger partial charge in [0.05, 0.1) is 15.4 Å². The van der Waals surface area contributed by atoms with Crippen molar-refractivity contribution >= 4 is 34.8 Å². The lowest BCUT2D eigenvalue weighted by atomic mass is 10.1. The summed E-state index contributed by atoms with van der Waals surface area (Å²) < 4.78 is 0. The fourth-order valence-corrected chi connectivity index (χ4v) is 3.35. The van der Waals surface area contributed by atoms with E-state index in [1.807, 2.05) is 0 Å². The highest BCUT2D eigenvalue weighted by Gasteiger charge is 2.40. The Morgan fingerprint density at radius 3 is 2.26 bits per heavy atom. The minimum atomic E-state index is -0.693. The number of fused-ring (bicyclic) bond motifs is 1. The zero-order chi connectivity index (χ0) is 22.5. The number of anilines is 1. The average Bonchev–Trinajstić information content (AvgIpc) is 2.98. The third-order valence-corrected chi connectivity index (χ3v) is 4.83. The molecular weight excluding hydrogens is 408 g/mol. The molecule has 0 aromatic heterocycles. The van der Waals surface area contributed by atoms with Gasteiger partial charge in [-0.1, -0.05) is 24.6 Å². The Morgan fingerprint density at radius 1 is 0.871 bits per heavy atom. The summed E-state index contributed by atoms with van der Waals surface area (Å²) in [6.07, 6.45) is 1.48. The molecule has 0 bridgehead atoms. The summed E-state index contributed by atoms with van der Waals surface area (Å²) in [5, 5.41) is 24.6. The van der Waals surface area contributed by atoms with Crippen molar-refractivity contribution in [3.8, 4) is 0 Å². The van der Waals surface area contributed by atoms with Crippen molar-refractivity contribution in [1.29, 1.82) is 0 Å². The molecule has 1 heterocycles. The molecule has 0 radical (unpaired) electrons. The van der Waals surface area contributed by atoms with E-state index in [0.29, 0.717) is 19.3 Å². The lowest BCUT2D eigenvalue weighted by molar-refractivity contribution is -0.385. The van der Waals surface area contributed by atoms with Crippen molar-refractivity contribution in [3.05, 3.63) is 73.8 Å². The van der Waals surface area contributed by atoms with E-state index in [4.69, 9.17) is 0 Å². The minimum Gasteiger partial charge on any atom is -0.320 e. The van der Waals surface area contributed by atoms with E-state index >= 15 is 0 Å². The average molecular weight is 426 g/mol. The molecule has 2 aromatic rings. The third kappa shape index (κ3) is 4.55. The van der Waals surface area contributed by atoms with Crippen LogP contribution in [-0.2, 0) is 4.79 Å². The SMILES string of the molecule is O=C(CCCCCN1C(=O)c2cccc([N+](=O)[O-])c2C1=O)Nc1ccccc1[N+](=O)[O-].